The number of hydrogen-bond donors (Lipinski definition) is 1. The van der Waals surface area contributed by atoms with Crippen LogP contribution in [-0.2, 0) is 0 Å². The van der Waals surface area contributed by atoms with E-state index in [-0.39, 0.29) is 0 Å². The number of rotatable bonds is 6. The first-order valence-electron chi connectivity index (χ1n) is 5.16. The lowest BCUT2D eigenvalue weighted by molar-refractivity contribution is 0.765. The zero-order valence-electron chi connectivity index (χ0n) is 9.19. The summed E-state index contributed by atoms with van der Waals surface area (Å²) in [6, 6.07) is 1.94. The topological polar surface area (TPSA) is 54.5 Å². The Hall–Kier alpha value is -1.58. The van der Waals surface area contributed by atoms with Crippen molar-refractivity contribution in [1.29, 1.82) is 0 Å². The molecule has 0 unspecified atom stereocenters. The number of nitrogens with zero attached hydrogens (tertiary/aromatic N) is 3. The summed E-state index contributed by atoms with van der Waals surface area (Å²) in [5, 5.41) is 0. The maximum Gasteiger partial charge on any atom is 0.0738 e. The molecule has 0 amide bonds. The summed E-state index contributed by atoms with van der Waals surface area (Å²) in [7, 11) is 0. The van der Waals surface area contributed by atoms with E-state index in [1.807, 2.05) is 6.07 Å². The number of hydrogen-bond acceptors (Lipinski definition) is 4. The number of nitrogen functional groups attached to an aromatic ring is 1. The smallest absolute Gasteiger partial charge is 0.0738 e. The van der Waals surface area contributed by atoms with Crippen LogP contribution in [0, 0.1) is 0 Å². The van der Waals surface area contributed by atoms with Crippen LogP contribution < -0.4 is 10.6 Å². The Morgan fingerprint density at radius 1 is 1.53 bits per heavy atom. The number of nitrogens with two attached hydrogens (primary N) is 1. The Kier molecular flexibility index (Phi) is 4.60. The molecule has 4 heteroatoms. The molecule has 0 aliphatic rings. The molecule has 2 N–H and O–H groups in total. The molecule has 0 saturated heterocycles. The molecule has 0 aromatic carbocycles. The van der Waals surface area contributed by atoms with Crippen LogP contribution in [0.5, 0.6) is 0 Å². The molecule has 1 aromatic heterocycles. The van der Waals surface area contributed by atoms with Crippen LogP contribution in [0.1, 0.15) is 13.3 Å². The molecule has 15 heavy (non-hydrogen) atoms. The van der Waals surface area contributed by atoms with E-state index in [0.717, 1.165) is 37.4 Å². The number of aromatic nitrogens is 1. The van der Waals surface area contributed by atoms with Crippen LogP contribution in [-0.4, -0.2) is 31.3 Å². The standard InChI is InChI=1S/C11H18N4/c1-3-7-15(8-6-13-2)11-4-5-14-9-10(11)12/h4-5,9H,2-3,6-8,12H2,1H3. The van der Waals surface area contributed by atoms with Crippen molar-refractivity contribution in [1.82, 2.24) is 4.98 Å². The van der Waals surface area contributed by atoms with Gasteiger partial charge in [-0.1, -0.05) is 6.92 Å². The molecule has 4 nitrogen and oxygen atoms in total. The van der Waals surface area contributed by atoms with Crippen LogP contribution in [0.15, 0.2) is 23.5 Å². The Labute approximate surface area is 90.8 Å². The molecule has 0 spiro atoms. The monoisotopic (exact) mass is 206 g/mol. The number of aliphatic imine (C=N–C) groups is 1. The van der Waals surface area contributed by atoms with E-state index >= 15 is 0 Å². The highest BCUT2D eigenvalue weighted by molar-refractivity contribution is 5.65. The first-order valence-corrected chi connectivity index (χ1v) is 5.16. The van der Waals surface area contributed by atoms with Gasteiger partial charge in [-0.05, 0) is 19.2 Å². The zero-order chi connectivity index (χ0) is 11.1. The van der Waals surface area contributed by atoms with Crippen LogP contribution in [0.3, 0.4) is 0 Å². The summed E-state index contributed by atoms with van der Waals surface area (Å²) < 4.78 is 0. The van der Waals surface area contributed by atoms with E-state index in [1.54, 1.807) is 12.4 Å². The highest BCUT2D eigenvalue weighted by Gasteiger charge is 2.07. The van der Waals surface area contributed by atoms with Gasteiger partial charge >= 0.3 is 0 Å². The average Bonchev–Trinajstić information content (AvgIpc) is 2.25. The molecule has 0 aliphatic heterocycles. The Bertz CT molecular complexity index is 311. The van der Waals surface area contributed by atoms with Gasteiger partial charge in [0.05, 0.1) is 24.1 Å². The third-order valence-electron chi connectivity index (χ3n) is 2.19. The second kappa shape index (κ2) is 6.01. The molecule has 1 heterocycles. The Balaban J connectivity index is 2.78. The SMILES string of the molecule is C=NCCN(CCC)c1ccncc1N. The van der Waals surface area contributed by atoms with Crippen LogP contribution in [0.25, 0.3) is 0 Å². The lowest BCUT2D eigenvalue weighted by atomic mass is 10.3. The lowest BCUT2D eigenvalue weighted by Crippen LogP contribution is -2.27. The minimum atomic E-state index is 0.718. The molecule has 0 fully saturated rings. The van der Waals surface area contributed by atoms with Gasteiger partial charge in [0.15, 0.2) is 0 Å². The van der Waals surface area contributed by atoms with E-state index in [2.05, 4.69) is 28.5 Å². The normalized spacial score (nSPS) is 9.93. The maximum absolute atomic E-state index is 5.87. The van der Waals surface area contributed by atoms with Crippen LogP contribution in [0.2, 0.25) is 0 Å². The molecule has 1 aromatic rings. The van der Waals surface area contributed by atoms with Gasteiger partial charge in [0.1, 0.15) is 0 Å². The van der Waals surface area contributed by atoms with Gasteiger partial charge in [-0.15, -0.1) is 0 Å². The molecule has 0 saturated carbocycles. The second-order valence-corrected chi connectivity index (χ2v) is 3.37. The molecule has 0 aliphatic carbocycles. The Morgan fingerprint density at radius 3 is 2.93 bits per heavy atom. The predicted molar refractivity (Wildman–Crippen MR) is 65.6 cm³/mol. The van der Waals surface area contributed by atoms with Crippen molar-refractivity contribution in [2.24, 2.45) is 4.99 Å². The summed E-state index contributed by atoms with van der Waals surface area (Å²) in [5.41, 5.74) is 7.63. The van der Waals surface area contributed by atoms with Crippen LogP contribution >= 0.6 is 0 Å². The first kappa shape index (κ1) is 11.5. The predicted octanol–water partition coefficient (Wildman–Crippen LogP) is 1.58. The minimum absolute atomic E-state index is 0.718. The maximum atomic E-state index is 5.87. The van der Waals surface area contributed by atoms with E-state index in [9.17, 15) is 0 Å². The third kappa shape index (κ3) is 3.23. The largest absolute Gasteiger partial charge is 0.396 e. The molecule has 0 bridgehead atoms. The fourth-order valence-corrected chi connectivity index (χ4v) is 1.50. The van der Waals surface area contributed by atoms with Gasteiger partial charge in [-0.25, -0.2) is 0 Å². The van der Waals surface area contributed by atoms with Crippen molar-refractivity contribution >= 4 is 18.1 Å². The van der Waals surface area contributed by atoms with E-state index < -0.39 is 0 Å². The van der Waals surface area contributed by atoms with Crippen molar-refractivity contribution in [3.63, 3.8) is 0 Å². The molecule has 1 rings (SSSR count). The zero-order valence-corrected chi connectivity index (χ0v) is 9.19. The van der Waals surface area contributed by atoms with Crippen LogP contribution in [0.4, 0.5) is 11.4 Å². The fourth-order valence-electron chi connectivity index (χ4n) is 1.50. The molecular formula is C11H18N4. The van der Waals surface area contributed by atoms with Crippen molar-refractivity contribution < 1.29 is 0 Å². The molecule has 0 radical (unpaired) electrons. The first-order chi connectivity index (χ1) is 7.29. The van der Waals surface area contributed by atoms with Crippen molar-refractivity contribution in [3.05, 3.63) is 18.5 Å². The summed E-state index contributed by atoms with van der Waals surface area (Å²) in [6.45, 7) is 8.19. The van der Waals surface area contributed by atoms with Gasteiger partial charge in [0.25, 0.3) is 0 Å². The highest BCUT2D eigenvalue weighted by Crippen LogP contribution is 2.21. The molecule has 0 atom stereocenters. The quantitative estimate of drug-likeness (QED) is 0.719. The van der Waals surface area contributed by atoms with E-state index in [0.29, 0.717) is 0 Å². The minimum Gasteiger partial charge on any atom is -0.396 e. The third-order valence-corrected chi connectivity index (χ3v) is 2.19. The summed E-state index contributed by atoms with van der Waals surface area (Å²) in [4.78, 5) is 10.1. The molecule has 82 valence electrons. The van der Waals surface area contributed by atoms with Gasteiger partial charge < -0.3 is 10.6 Å². The van der Waals surface area contributed by atoms with Crippen molar-refractivity contribution in [2.75, 3.05) is 30.3 Å². The van der Waals surface area contributed by atoms with Gasteiger partial charge in [0, 0.05) is 19.3 Å². The number of anilines is 2. The Morgan fingerprint density at radius 2 is 2.33 bits per heavy atom. The fraction of sp³-hybridized carbons (Fsp3) is 0.455. The summed E-state index contributed by atoms with van der Waals surface area (Å²) >= 11 is 0. The van der Waals surface area contributed by atoms with E-state index in [4.69, 9.17) is 5.73 Å². The van der Waals surface area contributed by atoms with E-state index in [1.165, 1.54) is 0 Å². The van der Waals surface area contributed by atoms with Gasteiger partial charge in [-0.3, -0.25) is 9.98 Å². The lowest BCUT2D eigenvalue weighted by Gasteiger charge is -2.24. The highest BCUT2D eigenvalue weighted by atomic mass is 15.1. The summed E-state index contributed by atoms with van der Waals surface area (Å²) in [5.74, 6) is 0. The average molecular weight is 206 g/mol. The molecular weight excluding hydrogens is 188 g/mol. The number of pyridine rings is 1. The van der Waals surface area contributed by atoms with Crippen molar-refractivity contribution in [2.45, 2.75) is 13.3 Å². The summed E-state index contributed by atoms with van der Waals surface area (Å²) in [6.07, 6.45) is 4.52. The van der Waals surface area contributed by atoms with Gasteiger partial charge in [-0.2, -0.15) is 0 Å². The second-order valence-electron chi connectivity index (χ2n) is 3.37. The van der Waals surface area contributed by atoms with Gasteiger partial charge in [0.2, 0.25) is 0 Å². The van der Waals surface area contributed by atoms with Crippen molar-refractivity contribution in [3.8, 4) is 0 Å².